The Kier molecular flexibility index (Phi) is 6.36. The van der Waals surface area contributed by atoms with E-state index in [0.717, 1.165) is 0 Å². The van der Waals surface area contributed by atoms with Gasteiger partial charge >= 0.3 is 12.1 Å². The number of Topliss-reactive ketones (excluding diaryl/α,β-unsaturated/α-hetero) is 1. The highest BCUT2D eigenvalue weighted by molar-refractivity contribution is 6.00. The molecule has 0 spiro atoms. The third kappa shape index (κ3) is 6.88. The number of amides is 1. The predicted molar refractivity (Wildman–Crippen MR) is 65.0 cm³/mol. The van der Waals surface area contributed by atoms with Crippen LogP contribution < -0.4 is 5.32 Å². The molecule has 0 aliphatic heterocycles. The van der Waals surface area contributed by atoms with E-state index in [1.54, 1.807) is 27.7 Å². The molecule has 0 aromatic heterocycles. The van der Waals surface area contributed by atoms with Crippen LogP contribution >= 0.6 is 0 Å². The predicted octanol–water partition coefficient (Wildman–Crippen LogP) is 1.28. The fraction of sp³-hybridized carbons (Fsp3) is 0.750. The summed E-state index contributed by atoms with van der Waals surface area (Å²) >= 11 is 0. The van der Waals surface area contributed by atoms with Gasteiger partial charge in [0.1, 0.15) is 11.5 Å². The fourth-order valence-electron chi connectivity index (χ4n) is 1.03. The standard InChI is InChI=1S/C12H21NO5/c1-6-17-10(15)8(2)9(14)7-13-11(16)18-12(3,4)5/h8H,6-7H2,1-5H3,(H,13,16). The van der Waals surface area contributed by atoms with E-state index in [1.807, 2.05) is 0 Å². The van der Waals surface area contributed by atoms with Crippen molar-refractivity contribution in [3.63, 3.8) is 0 Å². The van der Waals surface area contributed by atoms with Crippen LogP contribution in [0.4, 0.5) is 4.79 Å². The van der Waals surface area contributed by atoms with Crippen molar-refractivity contribution in [3.05, 3.63) is 0 Å². The second-order valence-electron chi connectivity index (χ2n) is 4.80. The zero-order valence-corrected chi connectivity index (χ0v) is 11.5. The van der Waals surface area contributed by atoms with E-state index in [1.165, 1.54) is 6.92 Å². The number of ether oxygens (including phenoxy) is 2. The Bertz CT molecular complexity index is 319. The number of ketones is 1. The van der Waals surface area contributed by atoms with Crippen LogP contribution in [0, 0.1) is 5.92 Å². The van der Waals surface area contributed by atoms with Gasteiger partial charge < -0.3 is 14.8 Å². The minimum absolute atomic E-state index is 0.218. The summed E-state index contributed by atoms with van der Waals surface area (Å²) in [6.07, 6.45) is -0.688. The molecule has 6 nitrogen and oxygen atoms in total. The van der Waals surface area contributed by atoms with Crippen molar-refractivity contribution in [1.29, 1.82) is 0 Å². The third-order valence-electron chi connectivity index (χ3n) is 1.93. The number of hydrogen-bond donors (Lipinski definition) is 1. The monoisotopic (exact) mass is 259 g/mol. The van der Waals surface area contributed by atoms with Crippen molar-refractivity contribution in [2.24, 2.45) is 5.92 Å². The van der Waals surface area contributed by atoms with Crippen molar-refractivity contribution in [1.82, 2.24) is 5.32 Å². The number of carbonyl (C=O) groups excluding carboxylic acids is 3. The molecule has 0 fully saturated rings. The summed E-state index contributed by atoms with van der Waals surface area (Å²) in [6, 6.07) is 0. The molecule has 1 amide bonds. The summed E-state index contributed by atoms with van der Waals surface area (Å²) in [5.41, 5.74) is -0.625. The van der Waals surface area contributed by atoms with E-state index in [4.69, 9.17) is 9.47 Å². The molecule has 1 atom stereocenters. The first kappa shape index (κ1) is 16.4. The van der Waals surface area contributed by atoms with Gasteiger partial charge in [0.2, 0.25) is 0 Å². The van der Waals surface area contributed by atoms with E-state index in [0.29, 0.717) is 0 Å². The van der Waals surface area contributed by atoms with Gasteiger partial charge in [-0.15, -0.1) is 0 Å². The molecule has 0 saturated carbocycles. The van der Waals surface area contributed by atoms with Crippen LogP contribution in [0.25, 0.3) is 0 Å². The quantitative estimate of drug-likeness (QED) is 0.594. The molecule has 6 heteroatoms. The van der Waals surface area contributed by atoms with E-state index >= 15 is 0 Å². The maximum absolute atomic E-state index is 11.6. The van der Waals surface area contributed by atoms with Crippen LogP contribution in [0.3, 0.4) is 0 Å². The van der Waals surface area contributed by atoms with Crippen LogP contribution in [0.15, 0.2) is 0 Å². The number of nitrogens with one attached hydrogen (secondary N) is 1. The fourth-order valence-corrected chi connectivity index (χ4v) is 1.03. The minimum Gasteiger partial charge on any atom is -0.465 e. The number of rotatable bonds is 5. The van der Waals surface area contributed by atoms with Crippen molar-refractivity contribution < 1.29 is 23.9 Å². The maximum Gasteiger partial charge on any atom is 0.408 e. The Hall–Kier alpha value is -1.59. The SMILES string of the molecule is CCOC(=O)C(C)C(=O)CNC(=O)OC(C)(C)C. The zero-order chi connectivity index (χ0) is 14.3. The maximum atomic E-state index is 11.6. The number of carbonyl (C=O) groups is 3. The molecule has 1 unspecified atom stereocenters. The van der Waals surface area contributed by atoms with Crippen molar-refractivity contribution >= 4 is 17.8 Å². The molecular weight excluding hydrogens is 238 g/mol. The Morgan fingerprint density at radius 1 is 1.22 bits per heavy atom. The summed E-state index contributed by atoms with van der Waals surface area (Å²) < 4.78 is 9.67. The highest BCUT2D eigenvalue weighted by Gasteiger charge is 2.23. The molecule has 0 aromatic carbocycles. The molecule has 0 heterocycles. The Morgan fingerprint density at radius 3 is 2.22 bits per heavy atom. The second kappa shape index (κ2) is 6.98. The average Bonchev–Trinajstić information content (AvgIpc) is 2.22. The average molecular weight is 259 g/mol. The molecular formula is C12H21NO5. The lowest BCUT2D eigenvalue weighted by molar-refractivity contribution is -0.150. The molecule has 0 bridgehead atoms. The largest absolute Gasteiger partial charge is 0.465 e. The lowest BCUT2D eigenvalue weighted by Gasteiger charge is -2.19. The lowest BCUT2D eigenvalue weighted by Crippen LogP contribution is -2.38. The van der Waals surface area contributed by atoms with E-state index in [-0.39, 0.29) is 13.2 Å². The number of hydrogen-bond acceptors (Lipinski definition) is 5. The Morgan fingerprint density at radius 2 is 1.78 bits per heavy atom. The zero-order valence-electron chi connectivity index (χ0n) is 11.5. The van der Waals surface area contributed by atoms with Crippen molar-refractivity contribution in [2.75, 3.05) is 13.2 Å². The van der Waals surface area contributed by atoms with Crippen LogP contribution in [-0.4, -0.2) is 36.6 Å². The van der Waals surface area contributed by atoms with Crippen LogP contribution in [-0.2, 0) is 19.1 Å². The first-order valence-corrected chi connectivity index (χ1v) is 5.83. The van der Waals surface area contributed by atoms with E-state index < -0.39 is 29.4 Å². The molecule has 0 aliphatic rings. The number of alkyl carbamates (subject to hydrolysis) is 1. The Labute approximate surface area is 107 Å². The van der Waals surface area contributed by atoms with Gasteiger partial charge in [-0.2, -0.15) is 0 Å². The van der Waals surface area contributed by atoms with Gasteiger partial charge in [-0.3, -0.25) is 9.59 Å². The smallest absolute Gasteiger partial charge is 0.408 e. The van der Waals surface area contributed by atoms with Gasteiger partial charge in [0.05, 0.1) is 13.2 Å². The third-order valence-corrected chi connectivity index (χ3v) is 1.93. The number of esters is 1. The van der Waals surface area contributed by atoms with Gasteiger partial charge in [0.25, 0.3) is 0 Å². The molecule has 0 aliphatic carbocycles. The van der Waals surface area contributed by atoms with Crippen molar-refractivity contribution in [3.8, 4) is 0 Å². The lowest BCUT2D eigenvalue weighted by atomic mass is 10.1. The molecule has 0 aromatic rings. The molecule has 18 heavy (non-hydrogen) atoms. The summed E-state index contributed by atoms with van der Waals surface area (Å²) in [4.78, 5) is 34.1. The minimum atomic E-state index is -0.889. The summed E-state index contributed by atoms with van der Waals surface area (Å²) in [5.74, 6) is -1.90. The van der Waals surface area contributed by atoms with E-state index in [9.17, 15) is 14.4 Å². The highest BCUT2D eigenvalue weighted by Crippen LogP contribution is 2.06. The normalized spacial score (nSPS) is 12.5. The molecule has 0 radical (unpaired) electrons. The van der Waals surface area contributed by atoms with Crippen LogP contribution in [0.1, 0.15) is 34.6 Å². The molecule has 104 valence electrons. The summed E-state index contributed by atoms with van der Waals surface area (Å²) in [6.45, 7) is 8.22. The van der Waals surface area contributed by atoms with Crippen LogP contribution in [0.5, 0.6) is 0 Å². The first-order chi connectivity index (χ1) is 8.17. The molecule has 0 saturated heterocycles. The second-order valence-corrected chi connectivity index (χ2v) is 4.80. The van der Waals surface area contributed by atoms with Gasteiger partial charge in [0, 0.05) is 0 Å². The van der Waals surface area contributed by atoms with E-state index in [2.05, 4.69) is 5.32 Å². The first-order valence-electron chi connectivity index (χ1n) is 5.83. The van der Waals surface area contributed by atoms with Crippen molar-refractivity contribution in [2.45, 2.75) is 40.2 Å². The van der Waals surface area contributed by atoms with Gasteiger partial charge in [-0.1, -0.05) is 0 Å². The van der Waals surface area contributed by atoms with Gasteiger partial charge in [-0.05, 0) is 34.6 Å². The van der Waals surface area contributed by atoms with Gasteiger partial charge in [0.15, 0.2) is 5.78 Å². The summed E-state index contributed by atoms with van der Waals surface area (Å²) in [7, 11) is 0. The summed E-state index contributed by atoms with van der Waals surface area (Å²) in [5, 5.41) is 2.30. The Balaban J connectivity index is 4.11. The topological polar surface area (TPSA) is 81.7 Å². The molecule has 0 rings (SSSR count). The van der Waals surface area contributed by atoms with Gasteiger partial charge in [-0.25, -0.2) is 4.79 Å². The van der Waals surface area contributed by atoms with Crippen LogP contribution in [0.2, 0.25) is 0 Å². The molecule has 1 N–H and O–H groups in total. The highest BCUT2D eigenvalue weighted by atomic mass is 16.6.